The summed E-state index contributed by atoms with van der Waals surface area (Å²) in [5.41, 5.74) is 0.872. The lowest BCUT2D eigenvalue weighted by molar-refractivity contribution is -0.639. The molecular weight excluding hydrogens is 116 g/mol. The predicted octanol–water partition coefficient (Wildman–Crippen LogP) is -0.820. The Morgan fingerprint density at radius 3 is 2.44 bits per heavy atom. The molecule has 0 fully saturated rings. The highest BCUT2D eigenvalue weighted by Gasteiger charge is 1.91. The lowest BCUT2D eigenvalue weighted by atomic mass is 10.3. The van der Waals surface area contributed by atoms with Crippen molar-refractivity contribution in [3.05, 3.63) is 30.1 Å². The largest absolute Gasteiger partial charge is 0.392 e. The molecular formula is C6H9N2O+. The summed E-state index contributed by atoms with van der Waals surface area (Å²) in [7, 11) is 0. The monoisotopic (exact) mass is 125 g/mol. The van der Waals surface area contributed by atoms with Crippen LogP contribution in [-0.2, 0) is 6.61 Å². The molecule has 0 aromatic carbocycles. The number of nitrogen functional groups attached to an aromatic ring is 1. The first kappa shape index (κ1) is 6.04. The summed E-state index contributed by atoms with van der Waals surface area (Å²) >= 11 is 0. The standard InChI is InChI=1S/C6H9N2O/c7-8-3-1-6(5-9)2-4-8/h1-4,9H,5,7H2/q+1. The molecule has 1 aromatic heterocycles. The van der Waals surface area contributed by atoms with E-state index in [9.17, 15) is 0 Å². The van der Waals surface area contributed by atoms with Gasteiger partial charge in [0.05, 0.1) is 6.61 Å². The fourth-order valence-electron chi connectivity index (χ4n) is 0.574. The van der Waals surface area contributed by atoms with Gasteiger partial charge in [-0.25, -0.2) is 5.84 Å². The normalized spacial score (nSPS) is 9.44. The highest BCUT2D eigenvalue weighted by molar-refractivity contribution is 5.04. The van der Waals surface area contributed by atoms with Crippen molar-refractivity contribution in [2.45, 2.75) is 6.61 Å². The summed E-state index contributed by atoms with van der Waals surface area (Å²) in [6.45, 7) is 0.0703. The van der Waals surface area contributed by atoms with Crippen LogP contribution in [0.4, 0.5) is 0 Å². The first-order valence-electron chi connectivity index (χ1n) is 2.69. The van der Waals surface area contributed by atoms with Crippen LogP contribution < -0.4 is 10.5 Å². The number of aromatic nitrogens is 1. The van der Waals surface area contributed by atoms with E-state index >= 15 is 0 Å². The molecule has 1 aromatic rings. The Balaban J connectivity index is 2.88. The Hall–Kier alpha value is -1.09. The zero-order valence-corrected chi connectivity index (χ0v) is 4.99. The maximum atomic E-state index is 8.58. The number of nitrogens with two attached hydrogens (primary N) is 1. The van der Waals surface area contributed by atoms with Crippen LogP contribution in [0.1, 0.15) is 5.56 Å². The van der Waals surface area contributed by atoms with E-state index < -0.39 is 0 Å². The molecule has 0 saturated heterocycles. The lowest BCUT2D eigenvalue weighted by Crippen LogP contribution is -2.43. The first-order chi connectivity index (χ1) is 4.33. The molecule has 0 bridgehead atoms. The molecule has 0 saturated carbocycles. The van der Waals surface area contributed by atoms with Crippen LogP contribution >= 0.6 is 0 Å². The minimum absolute atomic E-state index is 0.0703. The number of aliphatic hydroxyl groups is 1. The van der Waals surface area contributed by atoms with E-state index in [4.69, 9.17) is 10.9 Å². The van der Waals surface area contributed by atoms with Crippen LogP contribution in [0.2, 0.25) is 0 Å². The zero-order chi connectivity index (χ0) is 6.69. The number of rotatable bonds is 1. The minimum atomic E-state index is 0.0703. The van der Waals surface area contributed by atoms with Gasteiger partial charge in [0.25, 0.3) is 0 Å². The van der Waals surface area contributed by atoms with Gasteiger partial charge < -0.3 is 5.11 Å². The molecule has 0 atom stereocenters. The van der Waals surface area contributed by atoms with Crippen LogP contribution in [0.15, 0.2) is 24.5 Å². The van der Waals surface area contributed by atoms with E-state index in [2.05, 4.69) is 0 Å². The molecule has 0 radical (unpaired) electrons. The molecule has 0 aliphatic heterocycles. The second-order valence-electron chi connectivity index (χ2n) is 1.81. The average molecular weight is 125 g/mol. The molecule has 9 heavy (non-hydrogen) atoms. The van der Waals surface area contributed by atoms with Crippen molar-refractivity contribution in [3.63, 3.8) is 0 Å². The van der Waals surface area contributed by atoms with Crippen molar-refractivity contribution in [2.24, 2.45) is 0 Å². The summed E-state index contributed by atoms with van der Waals surface area (Å²) < 4.78 is 1.43. The predicted molar refractivity (Wildman–Crippen MR) is 32.7 cm³/mol. The van der Waals surface area contributed by atoms with Gasteiger partial charge in [-0.3, -0.25) is 0 Å². The average Bonchev–Trinajstić information content (AvgIpc) is 1.90. The number of hydrogen-bond acceptors (Lipinski definition) is 2. The summed E-state index contributed by atoms with van der Waals surface area (Å²) in [6, 6.07) is 3.53. The van der Waals surface area contributed by atoms with Gasteiger partial charge in [-0.2, -0.15) is 0 Å². The number of pyridine rings is 1. The molecule has 3 N–H and O–H groups in total. The highest BCUT2D eigenvalue weighted by atomic mass is 16.3. The third-order valence-corrected chi connectivity index (χ3v) is 1.10. The Labute approximate surface area is 53.3 Å². The van der Waals surface area contributed by atoms with Gasteiger partial charge in [-0.05, 0) is 5.56 Å². The summed E-state index contributed by atoms with van der Waals surface area (Å²) in [5, 5.41) is 8.58. The van der Waals surface area contributed by atoms with Gasteiger partial charge in [0.1, 0.15) is 0 Å². The van der Waals surface area contributed by atoms with E-state index in [1.807, 2.05) is 0 Å². The van der Waals surface area contributed by atoms with Gasteiger partial charge >= 0.3 is 0 Å². The van der Waals surface area contributed by atoms with E-state index in [1.54, 1.807) is 24.5 Å². The molecule has 0 aliphatic carbocycles. The molecule has 0 aliphatic rings. The third kappa shape index (κ3) is 1.40. The highest BCUT2D eigenvalue weighted by Crippen LogP contribution is 1.91. The van der Waals surface area contributed by atoms with E-state index in [0.717, 1.165) is 5.56 Å². The molecule has 1 heterocycles. The zero-order valence-electron chi connectivity index (χ0n) is 4.99. The van der Waals surface area contributed by atoms with Gasteiger partial charge in [0, 0.05) is 12.1 Å². The minimum Gasteiger partial charge on any atom is -0.392 e. The van der Waals surface area contributed by atoms with Crippen LogP contribution in [0.25, 0.3) is 0 Å². The van der Waals surface area contributed by atoms with Crippen molar-refractivity contribution < 1.29 is 9.78 Å². The molecule has 0 unspecified atom stereocenters. The number of nitrogens with zero attached hydrogens (tertiary/aromatic N) is 1. The maximum Gasteiger partial charge on any atom is 0.199 e. The van der Waals surface area contributed by atoms with E-state index in [0.29, 0.717) is 0 Å². The van der Waals surface area contributed by atoms with Gasteiger partial charge in [-0.15, -0.1) is 0 Å². The summed E-state index contributed by atoms with van der Waals surface area (Å²) in [6.07, 6.45) is 3.37. The van der Waals surface area contributed by atoms with Gasteiger partial charge in [0.15, 0.2) is 12.4 Å². The second kappa shape index (κ2) is 2.46. The molecule has 1 rings (SSSR count). The second-order valence-corrected chi connectivity index (χ2v) is 1.81. The fourth-order valence-corrected chi connectivity index (χ4v) is 0.574. The molecule has 0 amide bonds. The molecule has 48 valence electrons. The SMILES string of the molecule is N[n+]1ccc(CO)cc1. The Bertz CT molecular complexity index is 183. The van der Waals surface area contributed by atoms with Gasteiger partial charge in [0.2, 0.25) is 0 Å². The van der Waals surface area contributed by atoms with Crippen molar-refractivity contribution >= 4 is 0 Å². The van der Waals surface area contributed by atoms with Gasteiger partial charge in [-0.1, -0.05) is 4.68 Å². The van der Waals surface area contributed by atoms with Crippen LogP contribution in [0.3, 0.4) is 0 Å². The molecule has 3 nitrogen and oxygen atoms in total. The van der Waals surface area contributed by atoms with Crippen molar-refractivity contribution in [3.8, 4) is 0 Å². The molecule has 3 heteroatoms. The smallest absolute Gasteiger partial charge is 0.199 e. The summed E-state index contributed by atoms with van der Waals surface area (Å²) in [5.74, 6) is 5.32. The molecule has 0 spiro atoms. The van der Waals surface area contributed by atoms with Crippen LogP contribution in [0.5, 0.6) is 0 Å². The van der Waals surface area contributed by atoms with Crippen LogP contribution in [-0.4, -0.2) is 5.11 Å². The van der Waals surface area contributed by atoms with Crippen molar-refractivity contribution in [2.75, 3.05) is 5.84 Å². The maximum absolute atomic E-state index is 8.58. The lowest BCUT2D eigenvalue weighted by Gasteiger charge is -1.89. The number of hydrogen-bond donors (Lipinski definition) is 2. The Morgan fingerprint density at radius 1 is 1.44 bits per heavy atom. The topological polar surface area (TPSA) is 50.1 Å². The van der Waals surface area contributed by atoms with Crippen molar-refractivity contribution in [1.82, 2.24) is 0 Å². The van der Waals surface area contributed by atoms with E-state index in [1.165, 1.54) is 4.68 Å². The first-order valence-corrected chi connectivity index (χ1v) is 2.69. The Morgan fingerprint density at radius 2 is 2.00 bits per heavy atom. The third-order valence-electron chi connectivity index (χ3n) is 1.10. The quantitative estimate of drug-likeness (QED) is 0.380. The number of aliphatic hydroxyl groups excluding tert-OH is 1. The fraction of sp³-hybridized carbons (Fsp3) is 0.167. The van der Waals surface area contributed by atoms with E-state index in [-0.39, 0.29) is 6.61 Å². The van der Waals surface area contributed by atoms with Crippen molar-refractivity contribution in [1.29, 1.82) is 0 Å². The summed E-state index contributed by atoms with van der Waals surface area (Å²) in [4.78, 5) is 0. The Kier molecular flexibility index (Phi) is 1.65. The van der Waals surface area contributed by atoms with Crippen LogP contribution in [0, 0.1) is 0 Å².